The second-order valence-electron chi connectivity index (χ2n) is 6.32. The van der Waals surface area contributed by atoms with Crippen molar-refractivity contribution in [1.82, 2.24) is 10.1 Å². The van der Waals surface area contributed by atoms with Gasteiger partial charge in [0.25, 0.3) is 17.7 Å². The number of hydrogen-bond acceptors (Lipinski definition) is 7. The van der Waals surface area contributed by atoms with E-state index in [1.807, 2.05) is 6.07 Å². The number of aryl methyl sites for hydroxylation is 1. The minimum absolute atomic E-state index is 0.0914. The molecule has 1 aromatic carbocycles. The van der Waals surface area contributed by atoms with E-state index in [2.05, 4.69) is 10.5 Å². The molecule has 9 heteroatoms. The van der Waals surface area contributed by atoms with E-state index in [0.29, 0.717) is 48.7 Å². The van der Waals surface area contributed by atoms with Crippen LogP contribution in [0.5, 0.6) is 5.88 Å². The molecule has 3 heterocycles. The van der Waals surface area contributed by atoms with Gasteiger partial charge < -0.3 is 28.6 Å². The van der Waals surface area contributed by atoms with Gasteiger partial charge in [0.2, 0.25) is 5.76 Å². The summed E-state index contributed by atoms with van der Waals surface area (Å²) >= 11 is 0. The van der Waals surface area contributed by atoms with Crippen molar-refractivity contribution in [3.05, 3.63) is 41.9 Å². The van der Waals surface area contributed by atoms with E-state index in [0.717, 1.165) is 0 Å². The van der Waals surface area contributed by atoms with E-state index in [4.69, 9.17) is 18.4 Å². The molecule has 2 aromatic heterocycles. The quantitative estimate of drug-likeness (QED) is 0.717. The summed E-state index contributed by atoms with van der Waals surface area (Å²) in [5.41, 5.74) is 0.847. The molecular formula is C19H19N3O6. The van der Waals surface area contributed by atoms with Crippen molar-refractivity contribution in [3.63, 3.8) is 0 Å². The van der Waals surface area contributed by atoms with E-state index >= 15 is 0 Å². The summed E-state index contributed by atoms with van der Waals surface area (Å²) in [6.07, 6.45) is 0. The number of morpholine rings is 1. The number of amides is 2. The van der Waals surface area contributed by atoms with Crippen molar-refractivity contribution >= 4 is 28.5 Å². The first-order valence-electron chi connectivity index (χ1n) is 8.86. The molecule has 0 saturated carbocycles. The summed E-state index contributed by atoms with van der Waals surface area (Å²) in [7, 11) is 0. The van der Waals surface area contributed by atoms with Crippen LogP contribution < -0.4 is 10.1 Å². The van der Waals surface area contributed by atoms with Crippen LogP contribution in [-0.2, 0) is 9.53 Å². The van der Waals surface area contributed by atoms with Crippen molar-refractivity contribution in [2.75, 3.05) is 38.2 Å². The SMILES string of the molecule is Cc1cc(OCC(=O)Nc2c(C(=O)N3CCOCC3)oc3ccccc23)no1. The lowest BCUT2D eigenvalue weighted by molar-refractivity contribution is -0.118. The van der Waals surface area contributed by atoms with Gasteiger partial charge in [-0.05, 0) is 24.2 Å². The molecule has 1 saturated heterocycles. The number of nitrogens with zero attached hydrogens (tertiary/aromatic N) is 2. The number of fused-ring (bicyclic) bond motifs is 1. The Kier molecular flexibility index (Phi) is 4.98. The summed E-state index contributed by atoms with van der Waals surface area (Å²) in [5, 5.41) is 7.05. The van der Waals surface area contributed by atoms with Crippen molar-refractivity contribution in [3.8, 4) is 5.88 Å². The van der Waals surface area contributed by atoms with Crippen LogP contribution in [0.15, 0.2) is 39.3 Å². The molecule has 1 N–H and O–H groups in total. The fraction of sp³-hybridized carbons (Fsp3) is 0.316. The number of hydrogen-bond donors (Lipinski definition) is 1. The first-order valence-corrected chi connectivity index (χ1v) is 8.86. The number of carbonyl (C=O) groups excluding carboxylic acids is 2. The Balaban J connectivity index is 1.55. The van der Waals surface area contributed by atoms with Gasteiger partial charge in [0.1, 0.15) is 17.0 Å². The zero-order valence-corrected chi connectivity index (χ0v) is 15.3. The Morgan fingerprint density at radius 2 is 2.04 bits per heavy atom. The highest BCUT2D eigenvalue weighted by molar-refractivity contribution is 6.11. The summed E-state index contributed by atoms with van der Waals surface area (Å²) in [6.45, 7) is 3.32. The number of nitrogens with one attached hydrogen (secondary N) is 1. The van der Waals surface area contributed by atoms with E-state index in [9.17, 15) is 9.59 Å². The predicted octanol–water partition coefficient (Wildman–Crippen LogP) is 2.22. The molecule has 0 atom stereocenters. The summed E-state index contributed by atoms with van der Waals surface area (Å²) < 4.78 is 21.3. The molecule has 0 unspecified atom stereocenters. The van der Waals surface area contributed by atoms with Crippen LogP contribution in [0.25, 0.3) is 11.0 Å². The van der Waals surface area contributed by atoms with E-state index < -0.39 is 5.91 Å². The van der Waals surface area contributed by atoms with E-state index in [-0.39, 0.29) is 24.2 Å². The van der Waals surface area contributed by atoms with Crippen molar-refractivity contribution in [2.24, 2.45) is 0 Å². The lowest BCUT2D eigenvalue weighted by Gasteiger charge is -2.26. The third kappa shape index (κ3) is 3.70. The van der Waals surface area contributed by atoms with Gasteiger partial charge >= 0.3 is 0 Å². The van der Waals surface area contributed by atoms with Crippen molar-refractivity contribution in [1.29, 1.82) is 0 Å². The number of rotatable bonds is 5. The minimum atomic E-state index is -0.441. The van der Waals surface area contributed by atoms with Gasteiger partial charge in [-0.1, -0.05) is 12.1 Å². The van der Waals surface area contributed by atoms with Gasteiger partial charge in [0, 0.05) is 24.5 Å². The lowest BCUT2D eigenvalue weighted by Crippen LogP contribution is -2.40. The molecule has 0 bridgehead atoms. The standard InChI is InChI=1S/C19H19N3O6/c1-12-10-16(21-28-12)26-11-15(23)20-17-13-4-2-3-5-14(13)27-18(17)19(24)22-6-8-25-9-7-22/h2-5,10H,6-9,11H2,1H3,(H,20,23). The molecule has 2 amide bonds. The summed E-state index contributed by atoms with van der Waals surface area (Å²) in [4.78, 5) is 27.0. The molecule has 3 aromatic rings. The number of carbonyl (C=O) groups is 2. The highest BCUT2D eigenvalue weighted by Crippen LogP contribution is 2.32. The van der Waals surface area contributed by atoms with Crippen LogP contribution >= 0.6 is 0 Å². The molecule has 1 fully saturated rings. The third-order valence-electron chi connectivity index (χ3n) is 4.31. The van der Waals surface area contributed by atoms with Gasteiger partial charge in [-0.15, -0.1) is 0 Å². The molecule has 1 aliphatic rings. The molecule has 4 rings (SSSR count). The van der Waals surface area contributed by atoms with Crippen molar-refractivity contribution < 1.29 is 28.0 Å². The first-order chi connectivity index (χ1) is 13.6. The normalized spacial score (nSPS) is 14.2. The Morgan fingerprint density at radius 1 is 1.25 bits per heavy atom. The highest BCUT2D eigenvalue weighted by Gasteiger charge is 2.27. The fourth-order valence-corrected chi connectivity index (χ4v) is 2.96. The predicted molar refractivity (Wildman–Crippen MR) is 98.3 cm³/mol. The van der Waals surface area contributed by atoms with E-state index in [1.165, 1.54) is 0 Å². The Hall–Kier alpha value is -3.33. The molecule has 9 nitrogen and oxygen atoms in total. The second kappa shape index (κ2) is 7.73. The monoisotopic (exact) mass is 385 g/mol. The maximum absolute atomic E-state index is 12.9. The Bertz CT molecular complexity index is 1000. The Labute approximate surface area is 160 Å². The smallest absolute Gasteiger partial charge is 0.291 e. The van der Waals surface area contributed by atoms with Gasteiger partial charge in [-0.2, -0.15) is 0 Å². The molecule has 0 radical (unpaired) electrons. The summed E-state index contributed by atoms with van der Waals surface area (Å²) in [5.74, 6) is 0.156. The second-order valence-corrected chi connectivity index (χ2v) is 6.32. The van der Waals surface area contributed by atoms with Gasteiger partial charge in [0.05, 0.1) is 13.2 Å². The first kappa shape index (κ1) is 18.1. The zero-order valence-electron chi connectivity index (χ0n) is 15.3. The Morgan fingerprint density at radius 3 is 2.79 bits per heavy atom. The molecule has 1 aliphatic heterocycles. The number of ether oxygens (including phenoxy) is 2. The molecule has 146 valence electrons. The molecule has 28 heavy (non-hydrogen) atoms. The van der Waals surface area contributed by atoms with Crippen LogP contribution in [0.4, 0.5) is 5.69 Å². The van der Waals surface area contributed by atoms with E-state index in [1.54, 1.807) is 36.1 Å². The average Bonchev–Trinajstić information content (AvgIpc) is 3.30. The van der Waals surface area contributed by atoms with Crippen LogP contribution in [0.1, 0.15) is 16.3 Å². The van der Waals surface area contributed by atoms with Crippen LogP contribution in [-0.4, -0.2) is 54.8 Å². The topological polar surface area (TPSA) is 107 Å². The van der Waals surface area contributed by atoms with Crippen LogP contribution in [0.2, 0.25) is 0 Å². The molecule has 0 spiro atoms. The average molecular weight is 385 g/mol. The van der Waals surface area contributed by atoms with Gasteiger partial charge in [0.15, 0.2) is 6.61 Å². The number of para-hydroxylation sites is 1. The third-order valence-corrected chi connectivity index (χ3v) is 4.31. The molecule has 0 aliphatic carbocycles. The largest absolute Gasteiger partial charge is 0.465 e. The molecular weight excluding hydrogens is 366 g/mol. The minimum Gasteiger partial charge on any atom is -0.465 e. The van der Waals surface area contributed by atoms with Crippen molar-refractivity contribution in [2.45, 2.75) is 6.92 Å². The highest BCUT2D eigenvalue weighted by atomic mass is 16.5. The summed E-state index contributed by atoms with van der Waals surface area (Å²) in [6, 6.07) is 8.72. The zero-order chi connectivity index (χ0) is 19.5. The number of furan rings is 1. The fourth-order valence-electron chi connectivity index (χ4n) is 2.96. The maximum atomic E-state index is 12.9. The van der Waals surface area contributed by atoms with Gasteiger partial charge in [-0.3, -0.25) is 9.59 Å². The number of aromatic nitrogens is 1. The van der Waals surface area contributed by atoms with Crippen LogP contribution in [0, 0.1) is 6.92 Å². The van der Waals surface area contributed by atoms with Gasteiger partial charge in [-0.25, -0.2) is 0 Å². The van der Waals surface area contributed by atoms with Crippen LogP contribution in [0.3, 0.4) is 0 Å². The number of benzene rings is 1. The maximum Gasteiger partial charge on any atom is 0.291 e. The number of anilines is 1. The lowest BCUT2D eigenvalue weighted by atomic mass is 10.2.